The molecule has 2 aromatic carbocycles. The Morgan fingerprint density at radius 1 is 1.04 bits per heavy atom. The van der Waals surface area contributed by atoms with Gasteiger partial charge in [0.15, 0.2) is 12.4 Å². The summed E-state index contributed by atoms with van der Waals surface area (Å²) < 4.78 is 5.04. The van der Waals surface area contributed by atoms with Crippen molar-refractivity contribution in [2.24, 2.45) is 0 Å². The van der Waals surface area contributed by atoms with Crippen LogP contribution in [0.25, 0.3) is 0 Å². The van der Waals surface area contributed by atoms with Crippen LogP contribution in [0.15, 0.2) is 42.5 Å². The van der Waals surface area contributed by atoms with Crippen molar-refractivity contribution in [3.63, 3.8) is 0 Å². The highest BCUT2D eigenvalue weighted by molar-refractivity contribution is 6.36. The number of amides is 1. The van der Waals surface area contributed by atoms with Crippen LogP contribution >= 0.6 is 23.2 Å². The molecule has 0 bridgehead atoms. The summed E-state index contributed by atoms with van der Waals surface area (Å²) in [5.74, 6) is -1.04. The summed E-state index contributed by atoms with van der Waals surface area (Å²) in [6.07, 6.45) is 1.60. The zero-order valence-corrected chi connectivity index (χ0v) is 16.3. The Labute approximate surface area is 167 Å². The van der Waals surface area contributed by atoms with Gasteiger partial charge in [0.05, 0.1) is 10.6 Å². The number of halogens is 2. The molecule has 5 nitrogen and oxygen atoms in total. The van der Waals surface area contributed by atoms with Crippen LogP contribution < -0.4 is 5.32 Å². The summed E-state index contributed by atoms with van der Waals surface area (Å²) in [6.45, 7) is 1.72. The summed E-state index contributed by atoms with van der Waals surface area (Å²) >= 11 is 11.7. The Morgan fingerprint density at radius 2 is 1.74 bits per heavy atom. The SMILES string of the molecule is CC(=O)NCCCc1ccc(C(=O)COC(=O)c2ccc(Cl)cc2Cl)cc1. The molecular formula is C20H19Cl2NO4. The van der Waals surface area contributed by atoms with Gasteiger partial charge < -0.3 is 10.1 Å². The fourth-order valence-corrected chi connectivity index (χ4v) is 2.85. The molecule has 27 heavy (non-hydrogen) atoms. The smallest absolute Gasteiger partial charge is 0.340 e. The van der Waals surface area contributed by atoms with E-state index in [1.165, 1.54) is 25.1 Å². The molecule has 0 radical (unpaired) electrons. The van der Waals surface area contributed by atoms with Gasteiger partial charge in [0.1, 0.15) is 0 Å². The maximum absolute atomic E-state index is 12.2. The number of carbonyl (C=O) groups is 3. The summed E-state index contributed by atoms with van der Waals surface area (Å²) in [5, 5.41) is 3.31. The number of rotatable bonds is 8. The Bertz CT molecular complexity index is 834. The maximum Gasteiger partial charge on any atom is 0.340 e. The number of ketones is 1. The van der Waals surface area contributed by atoms with Crippen molar-refractivity contribution in [1.82, 2.24) is 5.32 Å². The highest BCUT2D eigenvalue weighted by Crippen LogP contribution is 2.21. The van der Waals surface area contributed by atoms with Gasteiger partial charge in [-0.05, 0) is 36.6 Å². The monoisotopic (exact) mass is 407 g/mol. The number of hydrogen-bond donors (Lipinski definition) is 1. The molecular weight excluding hydrogens is 389 g/mol. The molecule has 0 spiro atoms. The standard InChI is InChI=1S/C20H19Cl2NO4/c1-13(24)23-10-2-3-14-4-6-15(7-5-14)19(25)12-27-20(26)17-9-8-16(21)11-18(17)22/h4-9,11H,2-3,10,12H2,1H3,(H,23,24). The summed E-state index contributed by atoms with van der Waals surface area (Å²) in [7, 11) is 0. The molecule has 2 rings (SSSR count). The Hall–Kier alpha value is -2.37. The van der Waals surface area contributed by atoms with E-state index in [9.17, 15) is 14.4 Å². The average molecular weight is 408 g/mol. The fraction of sp³-hybridized carbons (Fsp3) is 0.250. The Balaban J connectivity index is 1.85. The van der Waals surface area contributed by atoms with Crippen LogP contribution in [-0.4, -0.2) is 30.8 Å². The minimum atomic E-state index is -0.681. The van der Waals surface area contributed by atoms with E-state index in [1.807, 2.05) is 12.1 Å². The van der Waals surface area contributed by atoms with Gasteiger partial charge in [-0.15, -0.1) is 0 Å². The first kappa shape index (κ1) is 20.9. The molecule has 2 aromatic rings. The quantitative estimate of drug-likeness (QED) is 0.406. The molecule has 142 valence electrons. The van der Waals surface area contributed by atoms with E-state index in [2.05, 4.69) is 5.32 Å². The van der Waals surface area contributed by atoms with Gasteiger partial charge >= 0.3 is 5.97 Å². The molecule has 0 aliphatic carbocycles. The first-order valence-corrected chi connectivity index (χ1v) is 9.11. The predicted octanol–water partition coefficient (Wildman–Crippen LogP) is 4.10. The molecule has 0 aliphatic rings. The van der Waals surface area contributed by atoms with Crippen LogP contribution in [0.3, 0.4) is 0 Å². The second-order valence-electron chi connectivity index (χ2n) is 5.91. The molecule has 0 atom stereocenters. The number of esters is 1. The third-order valence-corrected chi connectivity index (χ3v) is 4.33. The zero-order chi connectivity index (χ0) is 19.8. The van der Waals surface area contributed by atoms with Crippen LogP contribution in [-0.2, 0) is 16.0 Å². The van der Waals surface area contributed by atoms with Crippen molar-refractivity contribution in [3.8, 4) is 0 Å². The first-order valence-electron chi connectivity index (χ1n) is 8.35. The van der Waals surface area contributed by atoms with Gasteiger partial charge in [-0.1, -0.05) is 47.5 Å². The van der Waals surface area contributed by atoms with Crippen LogP contribution in [0.4, 0.5) is 0 Å². The lowest BCUT2D eigenvalue weighted by atomic mass is 10.1. The van der Waals surface area contributed by atoms with Crippen molar-refractivity contribution in [1.29, 1.82) is 0 Å². The molecule has 1 amide bonds. The van der Waals surface area contributed by atoms with Gasteiger partial charge in [0.25, 0.3) is 0 Å². The normalized spacial score (nSPS) is 10.3. The second-order valence-corrected chi connectivity index (χ2v) is 6.75. The average Bonchev–Trinajstić information content (AvgIpc) is 2.63. The Kier molecular flexibility index (Phi) is 7.82. The number of aryl methyl sites for hydroxylation is 1. The first-order chi connectivity index (χ1) is 12.9. The third-order valence-electron chi connectivity index (χ3n) is 3.78. The van der Waals surface area contributed by atoms with Crippen LogP contribution in [0.2, 0.25) is 10.0 Å². The number of ether oxygens (including phenoxy) is 1. The zero-order valence-electron chi connectivity index (χ0n) is 14.8. The van der Waals surface area contributed by atoms with Crippen molar-refractivity contribution >= 4 is 40.9 Å². The molecule has 0 heterocycles. The van der Waals surface area contributed by atoms with Crippen LogP contribution in [0.5, 0.6) is 0 Å². The Morgan fingerprint density at radius 3 is 2.37 bits per heavy atom. The van der Waals surface area contributed by atoms with Gasteiger partial charge in [0.2, 0.25) is 5.91 Å². The topological polar surface area (TPSA) is 72.5 Å². The van der Waals surface area contributed by atoms with Crippen molar-refractivity contribution in [2.75, 3.05) is 13.2 Å². The lowest BCUT2D eigenvalue weighted by Gasteiger charge is -2.07. The van der Waals surface area contributed by atoms with E-state index in [0.717, 1.165) is 18.4 Å². The van der Waals surface area contributed by atoms with Crippen LogP contribution in [0.1, 0.15) is 39.6 Å². The van der Waals surface area contributed by atoms with Crippen molar-refractivity contribution < 1.29 is 19.1 Å². The second kappa shape index (κ2) is 10.1. The van der Waals surface area contributed by atoms with E-state index in [-0.39, 0.29) is 28.9 Å². The number of Topliss-reactive ketones (excluding diaryl/α,β-unsaturated/α-hetero) is 1. The molecule has 0 saturated heterocycles. The number of carbonyl (C=O) groups excluding carboxylic acids is 3. The molecule has 7 heteroatoms. The third kappa shape index (κ3) is 6.70. The molecule has 0 aromatic heterocycles. The van der Waals surface area contributed by atoms with E-state index >= 15 is 0 Å². The summed E-state index contributed by atoms with van der Waals surface area (Å²) in [5.41, 5.74) is 1.67. The van der Waals surface area contributed by atoms with Gasteiger partial charge in [-0.3, -0.25) is 9.59 Å². The minimum absolute atomic E-state index is 0.0506. The predicted molar refractivity (Wildman–Crippen MR) is 105 cm³/mol. The number of benzene rings is 2. The van der Waals surface area contributed by atoms with E-state index in [1.54, 1.807) is 12.1 Å². The van der Waals surface area contributed by atoms with E-state index in [0.29, 0.717) is 17.1 Å². The summed E-state index contributed by atoms with van der Waals surface area (Å²) in [4.78, 5) is 35.0. The lowest BCUT2D eigenvalue weighted by Crippen LogP contribution is -2.21. The maximum atomic E-state index is 12.2. The molecule has 0 fully saturated rings. The fourth-order valence-electron chi connectivity index (χ4n) is 2.36. The molecule has 0 aliphatic heterocycles. The van der Waals surface area contributed by atoms with Crippen molar-refractivity contribution in [2.45, 2.75) is 19.8 Å². The number of hydrogen-bond acceptors (Lipinski definition) is 4. The minimum Gasteiger partial charge on any atom is -0.454 e. The van der Waals surface area contributed by atoms with E-state index < -0.39 is 5.97 Å². The highest BCUT2D eigenvalue weighted by atomic mass is 35.5. The van der Waals surface area contributed by atoms with E-state index in [4.69, 9.17) is 27.9 Å². The van der Waals surface area contributed by atoms with Gasteiger partial charge in [-0.2, -0.15) is 0 Å². The number of nitrogens with one attached hydrogen (secondary N) is 1. The molecule has 0 unspecified atom stereocenters. The van der Waals surface area contributed by atoms with Gasteiger partial charge in [0, 0.05) is 24.1 Å². The molecule has 0 saturated carbocycles. The highest BCUT2D eigenvalue weighted by Gasteiger charge is 2.15. The lowest BCUT2D eigenvalue weighted by molar-refractivity contribution is -0.118. The largest absolute Gasteiger partial charge is 0.454 e. The van der Waals surface area contributed by atoms with Crippen LogP contribution in [0, 0.1) is 0 Å². The van der Waals surface area contributed by atoms with Gasteiger partial charge in [-0.25, -0.2) is 4.79 Å². The summed E-state index contributed by atoms with van der Waals surface area (Å²) in [6, 6.07) is 11.5. The van der Waals surface area contributed by atoms with Crippen molar-refractivity contribution in [3.05, 3.63) is 69.2 Å². The molecule has 1 N–H and O–H groups in total.